The SMILES string of the molecule is COc1cc(C=C2Oc3cc(OCC(=O)N[C@H](C(=O)O)[C@@H](C)O)ccc3C2=O)cc(OC)c1OC. The van der Waals surface area contributed by atoms with Crippen LogP contribution in [-0.2, 0) is 9.59 Å². The zero-order chi connectivity index (χ0) is 25.7. The van der Waals surface area contributed by atoms with Gasteiger partial charge in [0.1, 0.15) is 11.5 Å². The number of carbonyl (C=O) groups is 3. The lowest BCUT2D eigenvalue weighted by molar-refractivity contribution is -0.145. The van der Waals surface area contributed by atoms with E-state index in [4.69, 9.17) is 28.8 Å². The molecule has 0 aliphatic carbocycles. The highest BCUT2D eigenvalue weighted by molar-refractivity contribution is 6.14. The van der Waals surface area contributed by atoms with Crippen molar-refractivity contribution in [1.82, 2.24) is 5.32 Å². The van der Waals surface area contributed by atoms with Gasteiger partial charge in [0.15, 0.2) is 29.9 Å². The third-order valence-corrected chi connectivity index (χ3v) is 5.06. The van der Waals surface area contributed by atoms with Gasteiger partial charge in [-0.2, -0.15) is 0 Å². The van der Waals surface area contributed by atoms with Gasteiger partial charge >= 0.3 is 5.97 Å². The van der Waals surface area contributed by atoms with E-state index in [9.17, 15) is 19.5 Å². The molecule has 11 heteroatoms. The Balaban J connectivity index is 1.74. The van der Waals surface area contributed by atoms with E-state index < -0.39 is 30.6 Å². The number of fused-ring (bicyclic) bond motifs is 1. The standard InChI is InChI=1S/C24H25NO10/c1-12(26)21(24(29)30)25-20(27)11-34-14-5-6-15-16(10-14)35-17(22(15)28)7-13-8-18(31-2)23(33-4)19(9-13)32-3/h5-10,12,21,26H,11H2,1-4H3,(H,25,27)(H,29,30)/t12-,21+/m1/s1. The molecule has 2 atom stereocenters. The van der Waals surface area contributed by atoms with Gasteiger partial charge < -0.3 is 39.2 Å². The second kappa shape index (κ2) is 10.8. The number of nitrogens with one attached hydrogen (secondary N) is 1. The molecule has 0 saturated carbocycles. The summed E-state index contributed by atoms with van der Waals surface area (Å²) in [6.45, 7) is 0.745. The van der Waals surface area contributed by atoms with Crippen molar-refractivity contribution in [2.75, 3.05) is 27.9 Å². The number of carboxylic acid groups (broad SMARTS) is 1. The van der Waals surface area contributed by atoms with E-state index >= 15 is 0 Å². The minimum Gasteiger partial charge on any atom is -0.493 e. The number of Topliss-reactive ketones (excluding diaryl/α,β-unsaturated/α-hetero) is 1. The first kappa shape index (κ1) is 25.4. The molecule has 0 aromatic heterocycles. The largest absolute Gasteiger partial charge is 0.493 e. The maximum absolute atomic E-state index is 12.8. The van der Waals surface area contributed by atoms with E-state index in [1.807, 2.05) is 0 Å². The molecule has 1 aliphatic heterocycles. The van der Waals surface area contributed by atoms with E-state index in [0.29, 0.717) is 28.4 Å². The van der Waals surface area contributed by atoms with Crippen molar-refractivity contribution in [3.63, 3.8) is 0 Å². The third kappa shape index (κ3) is 5.64. The molecule has 2 aromatic rings. The number of aliphatic hydroxyl groups is 1. The Kier molecular flexibility index (Phi) is 7.82. The highest BCUT2D eigenvalue weighted by atomic mass is 16.5. The Morgan fingerprint density at radius 3 is 2.29 bits per heavy atom. The van der Waals surface area contributed by atoms with Crippen LogP contribution in [0.15, 0.2) is 36.1 Å². The van der Waals surface area contributed by atoms with Crippen molar-refractivity contribution in [3.8, 4) is 28.7 Å². The number of hydrogen-bond donors (Lipinski definition) is 3. The van der Waals surface area contributed by atoms with Crippen molar-refractivity contribution in [3.05, 3.63) is 47.2 Å². The van der Waals surface area contributed by atoms with Crippen molar-refractivity contribution in [2.45, 2.75) is 19.1 Å². The summed E-state index contributed by atoms with van der Waals surface area (Å²) >= 11 is 0. The summed E-state index contributed by atoms with van der Waals surface area (Å²) in [5.74, 6) is -0.697. The molecule has 11 nitrogen and oxygen atoms in total. The maximum Gasteiger partial charge on any atom is 0.328 e. The molecule has 1 aliphatic rings. The van der Waals surface area contributed by atoms with Crippen molar-refractivity contribution in [1.29, 1.82) is 0 Å². The third-order valence-electron chi connectivity index (χ3n) is 5.06. The predicted molar refractivity (Wildman–Crippen MR) is 122 cm³/mol. The smallest absolute Gasteiger partial charge is 0.328 e. The summed E-state index contributed by atoms with van der Waals surface area (Å²) in [5, 5.41) is 20.7. The van der Waals surface area contributed by atoms with Gasteiger partial charge in [-0.1, -0.05) is 0 Å². The lowest BCUT2D eigenvalue weighted by Crippen LogP contribution is -2.49. The van der Waals surface area contributed by atoms with Crippen LogP contribution in [0.2, 0.25) is 0 Å². The fraction of sp³-hybridized carbons (Fsp3) is 0.292. The highest BCUT2D eigenvalue weighted by Crippen LogP contribution is 2.40. The molecule has 0 radical (unpaired) electrons. The van der Waals surface area contributed by atoms with Crippen LogP contribution < -0.4 is 29.0 Å². The van der Waals surface area contributed by atoms with Crippen LogP contribution in [0.3, 0.4) is 0 Å². The van der Waals surface area contributed by atoms with Crippen LogP contribution in [0.25, 0.3) is 6.08 Å². The molecule has 1 heterocycles. The second-order valence-electron chi connectivity index (χ2n) is 7.47. The summed E-state index contributed by atoms with van der Waals surface area (Å²) in [7, 11) is 4.45. The number of benzene rings is 2. The predicted octanol–water partition coefficient (Wildman–Crippen LogP) is 1.66. The van der Waals surface area contributed by atoms with Crippen LogP contribution in [0, 0.1) is 0 Å². The number of ether oxygens (including phenoxy) is 5. The number of allylic oxidation sites excluding steroid dienone is 1. The monoisotopic (exact) mass is 487 g/mol. The van der Waals surface area contributed by atoms with Crippen LogP contribution in [0.4, 0.5) is 0 Å². The van der Waals surface area contributed by atoms with Crippen LogP contribution in [-0.4, -0.2) is 68.0 Å². The van der Waals surface area contributed by atoms with Gasteiger partial charge in [-0.3, -0.25) is 9.59 Å². The van der Waals surface area contributed by atoms with Crippen LogP contribution in [0.5, 0.6) is 28.7 Å². The fourth-order valence-electron chi connectivity index (χ4n) is 3.35. The molecule has 0 fully saturated rings. The molecule has 0 unspecified atom stereocenters. The molecule has 1 amide bonds. The fourth-order valence-corrected chi connectivity index (χ4v) is 3.35. The number of hydrogen-bond acceptors (Lipinski definition) is 9. The normalized spacial score (nSPS) is 15.0. The molecular formula is C24H25NO10. The number of rotatable bonds is 10. The molecule has 186 valence electrons. The average Bonchev–Trinajstić information content (AvgIpc) is 3.14. The molecule has 3 rings (SSSR count). The Morgan fingerprint density at radius 1 is 1.09 bits per heavy atom. The number of aliphatic carboxylic acids is 1. The Hall–Kier alpha value is -4.25. The molecule has 0 saturated heterocycles. The first-order valence-electron chi connectivity index (χ1n) is 10.4. The number of carboxylic acids is 1. The first-order valence-corrected chi connectivity index (χ1v) is 10.4. The number of amides is 1. The number of ketones is 1. The molecule has 35 heavy (non-hydrogen) atoms. The van der Waals surface area contributed by atoms with Gasteiger partial charge in [-0.05, 0) is 42.8 Å². The van der Waals surface area contributed by atoms with Crippen molar-refractivity contribution in [2.24, 2.45) is 0 Å². The van der Waals surface area contributed by atoms with E-state index in [-0.39, 0.29) is 23.0 Å². The minimum absolute atomic E-state index is 0.0606. The summed E-state index contributed by atoms with van der Waals surface area (Å²) in [6.07, 6.45) is 0.245. The lowest BCUT2D eigenvalue weighted by Gasteiger charge is -2.17. The minimum atomic E-state index is -1.46. The summed E-state index contributed by atoms with van der Waals surface area (Å²) < 4.78 is 27.1. The highest BCUT2D eigenvalue weighted by Gasteiger charge is 2.29. The Labute approximate surface area is 200 Å². The Bertz CT molecular complexity index is 1150. The van der Waals surface area contributed by atoms with Gasteiger partial charge in [-0.15, -0.1) is 0 Å². The summed E-state index contributed by atoms with van der Waals surface area (Å²) in [4.78, 5) is 35.9. The molecule has 3 N–H and O–H groups in total. The zero-order valence-electron chi connectivity index (χ0n) is 19.5. The summed E-state index contributed by atoms with van der Waals surface area (Å²) in [6, 6.07) is 6.29. The van der Waals surface area contributed by atoms with Gasteiger partial charge in [0.05, 0.1) is 33.0 Å². The van der Waals surface area contributed by atoms with E-state index in [1.54, 1.807) is 12.1 Å². The van der Waals surface area contributed by atoms with Gasteiger partial charge in [-0.25, -0.2) is 4.79 Å². The van der Waals surface area contributed by atoms with Crippen LogP contribution in [0.1, 0.15) is 22.8 Å². The van der Waals surface area contributed by atoms with Crippen LogP contribution >= 0.6 is 0 Å². The van der Waals surface area contributed by atoms with Gasteiger partial charge in [0, 0.05) is 6.07 Å². The lowest BCUT2D eigenvalue weighted by atomic mass is 10.1. The van der Waals surface area contributed by atoms with Crippen molar-refractivity contribution < 1.29 is 48.3 Å². The number of aliphatic hydroxyl groups excluding tert-OH is 1. The quantitative estimate of drug-likeness (QED) is 0.422. The van der Waals surface area contributed by atoms with E-state index in [1.165, 1.54) is 52.5 Å². The zero-order valence-corrected chi connectivity index (χ0v) is 19.5. The molecule has 2 aromatic carbocycles. The second-order valence-corrected chi connectivity index (χ2v) is 7.47. The first-order chi connectivity index (χ1) is 16.7. The van der Waals surface area contributed by atoms with Gasteiger partial charge in [0.2, 0.25) is 11.5 Å². The Morgan fingerprint density at radius 2 is 1.74 bits per heavy atom. The summed E-state index contributed by atoms with van der Waals surface area (Å²) in [5.41, 5.74) is 0.885. The molecule has 0 bridgehead atoms. The van der Waals surface area contributed by atoms with Gasteiger partial charge in [0.25, 0.3) is 5.91 Å². The topological polar surface area (TPSA) is 150 Å². The molecule has 0 spiro atoms. The van der Waals surface area contributed by atoms with E-state index in [2.05, 4.69) is 5.32 Å². The molecular weight excluding hydrogens is 462 g/mol. The van der Waals surface area contributed by atoms with Crippen molar-refractivity contribution >= 4 is 23.7 Å². The number of carbonyl (C=O) groups excluding carboxylic acids is 2. The number of methoxy groups -OCH3 is 3. The average molecular weight is 487 g/mol. The van der Waals surface area contributed by atoms with E-state index in [0.717, 1.165) is 0 Å². The maximum atomic E-state index is 12.8.